The van der Waals surface area contributed by atoms with Gasteiger partial charge in [-0.3, -0.25) is 0 Å². The number of rotatable bonds is 8. The standard InChI is InChI=1S/C55H45NO.C55H45NS/c2*1-54(2)47-14-6-3-10-41(47)43-25-23-40(32-49(43)54)56(39-21-18-35(19-22-39)36-20-24-45-44-12-5-8-17-51(44)57-52(45)31-36)50-16-9-13-46-42-11-4-7-15-48(42)55(53(46)50)37-27-33-26-34(29-37)30-38(55)28-33/h2*3-25,31-34,37-38H,26-30H2,1-2H3. The fourth-order valence-corrected chi connectivity index (χ4v) is 27.8. The van der Waals surface area contributed by atoms with Crippen LogP contribution in [0, 0.1) is 47.3 Å². The van der Waals surface area contributed by atoms with Crippen molar-refractivity contribution < 1.29 is 4.42 Å². The minimum absolute atomic E-state index is 0.0440. The molecular weight excluding hydrogens is 1400 g/mol. The van der Waals surface area contributed by atoms with Gasteiger partial charge in [-0.1, -0.05) is 240 Å². The topological polar surface area (TPSA) is 19.6 Å². The lowest BCUT2D eigenvalue weighted by Crippen LogP contribution is -2.55. The molecule has 8 bridgehead atoms. The second-order valence-electron chi connectivity index (χ2n) is 37.0. The molecule has 552 valence electrons. The summed E-state index contributed by atoms with van der Waals surface area (Å²) < 4.78 is 9.03. The molecule has 0 N–H and O–H groups in total. The van der Waals surface area contributed by atoms with Gasteiger partial charge >= 0.3 is 0 Å². The van der Waals surface area contributed by atoms with E-state index >= 15 is 0 Å². The summed E-state index contributed by atoms with van der Waals surface area (Å²) in [5.41, 5.74) is 37.6. The quantitative estimate of drug-likeness (QED) is 0.151. The summed E-state index contributed by atoms with van der Waals surface area (Å²) in [7, 11) is 0. The van der Waals surface area contributed by atoms with Crippen molar-refractivity contribution in [1.82, 2.24) is 0 Å². The molecule has 28 rings (SSSR count). The van der Waals surface area contributed by atoms with Gasteiger partial charge < -0.3 is 14.2 Å². The van der Waals surface area contributed by atoms with Gasteiger partial charge in [0.15, 0.2) is 0 Å². The van der Waals surface area contributed by atoms with Gasteiger partial charge in [0.1, 0.15) is 11.2 Å². The zero-order valence-corrected chi connectivity index (χ0v) is 66.1. The van der Waals surface area contributed by atoms with Crippen LogP contribution >= 0.6 is 11.3 Å². The summed E-state index contributed by atoms with van der Waals surface area (Å²) in [6.45, 7) is 9.63. The van der Waals surface area contributed by atoms with Gasteiger partial charge in [0.2, 0.25) is 0 Å². The summed E-state index contributed by atoms with van der Waals surface area (Å²) in [6, 6.07) is 116. The van der Waals surface area contributed by atoms with Gasteiger partial charge in [0.05, 0.1) is 11.4 Å². The Balaban J connectivity index is 0.000000129. The number of thiophene rings is 1. The van der Waals surface area contributed by atoms with Gasteiger partial charge in [0.25, 0.3) is 0 Å². The lowest BCUT2D eigenvalue weighted by Gasteiger charge is -2.61. The van der Waals surface area contributed by atoms with E-state index in [1.165, 1.54) is 213 Å². The third kappa shape index (κ3) is 9.15. The highest BCUT2D eigenvalue weighted by Crippen LogP contribution is 2.74. The molecule has 8 fully saturated rings. The number of hydrogen-bond donors (Lipinski definition) is 0. The molecule has 2 spiro atoms. The highest BCUT2D eigenvalue weighted by atomic mass is 32.1. The maximum Gasteiger partial charge on any atom is 0.136 e. The number of fused-ring (bicyclic) bond motifs is 18. The molecular formula is C110H90N2OS. The van der Waals surface area contributed by atoms with Crippen molar-refractivity contribution in [3.05, 3.63) is 348 Å². The van der Waals surface area contributed by atoms with Crippen molar-refractivity contribution in [2.24, 2.45) is 47.3 Å². The number of anilines is 6. The van der Waals surface area contributed by atoms with Gasteiger partial charge in [-0.25, -0.2) is 0 Å². The Morgan fingerprint density at radius 3 is 1.11 bits per heavy atom. The van der Waals surface area contributed by atoms with Crippen LogP contribution in [0.15, 0.2) is 308 Å². The van der Waals surface area contributed by atoms with Gasteiger partial charge in [0, 0.05) is 75.4 Å². The summed E-state index contributed by atoms with van der Waals surface area (Å²) >= 11 is 1.90. The van der Waals surface area contributed by atoms with Crippen molar-refractivity contribution in [2.75, 3.05) is 9.80 Å². The molecule has 4 heteroatoms. The third-order valence-electron chi connectivity index (χ3n) is 30.9. The van der Waals surface area contributed by atoms with Crippen molar-refractivity contribution in [1.29, 1.82) is 0 Å². The lowest BCUT2D eigenvalue weighted by molar-refractivity contribution is -0.0397. The van der Waals surface area contributed by atoms with Crippen LogP contribution in [0.25, 0.3) is 109 Å². The number of benzene rings is 14. The average Bonchev–Trinajstić information content (AvgIpc) is 1.49. The van der Waals surface area contributed by atoms with E-state index in [1.807, 2.05) is 17.4 Å². The summed E-state index contributed by atoms with van der Waals surface area (Å²) in [6.07, 6.45) is 13.9. The first-order chi connectivity index (χ1) is 55.9. The molecule has 114 heavy (non-hydrogen) atoms. The molecule has 0 amide bonds. The molecule has 0 radical (unpaired) electrons. The van der Waals surface area contributed by atoms with E-state index in [4.69, 9.17) is 4.42 Å². The van der Waals surface area contributed by atoms with Crippen molar-refractivity contribution in [3.8, 4) is 66.8 Å². The molecule has 0 saturated heterocycles. The summed E-state index contributed by atoms with van der Waals surface area (Å²) in [5, 5.41) is 5.03. The average molecular weight is 1490 g/mol. The highest BCUT2D eigenvalue weighted by molar-refractivity contribution is 7.25. The van der Waals surface area contributed by atoms with Gasteiger partial charge in [-0.05, 0) is 314 Å². The van der Waals surface area contributed by atoms with Crippen LogP contribution in [0.2, 0.25) is 0 Å². The molecule has 12 aliphatic carbocycles. The molecule has 2 heterocycles. The van der Waals surface area contributed by atoms with Crippen LogP contribution in [-0.4, -0.2) is 0 Å². The van der Waals surface area contributed by atoms with E-state index < -0.39 is 0 Å². The molecule has 0 aliphatic heterocycles. The van der Waals surface area contributed by atoms with E-state index in [9.17, 15) is 0 Å². The minimum Gasteiger partial charge on any atom is -0.456 e. The molecule has 8 saturated carbocycles. The van der Waals surface area contributed by atoms with Crippen LogP contribution in [0.4, 0.5) is 34.1 Å². The predicted molar refractivity (Wildman–Crippen MR) is 475 cm³/mol. The van der Waals surface area contributed by atoms with E-state index in [2.05, 4.69) is 335 Å². The molecule has 12 aliphatic rings. The summed E-state index contributed by atoms with van der Waals surface area (Å²) in [4.78, 5) is 5.28. The predicted octanol–water partition coefficient (Wildman–Crippen LogP) is 30.0. The van der Waals surface area contributed by atoms with E-state index in [0.29, 0.717) is 23.7 Å². The SMILES string of the molecule is CC1(C)c2ccccc2-c2ccc(N(c3ccc(-c4ccc5c(c4)oc4ccccc45)cc3)c3cccc4c3C3(c5ccccc5-4)C4CC5CC(C4)CC3C5)cc21.CC1(C)c2ccccc2-c2ccc(N(c3ccc(-c4ccc5c(c4)sc4ccccc45)cc3)c3cccc4c3C3(c5ccccc5-4)C4CC5CC(C4)CC3C5)cc21. The zero-order valence-electron chi connectivity index (χ0n) is 65.3. The van der Waals surface area contributed by atoms with Crippen molar-refractivity contribution in [3.63, 3.8) is 0 Å². The molecule has 2 aromatic heterocycles. The second-order valence-corrected chi connectivity index (χ2v) is 38.1. The first-order valence-electron chi connectivity index (χ1n) is 42.5. The Morgan fingerprint density at radius 2 is 0.623 bits per heavy atom. The molecule has 0 unspecified atom stereocenters. The molecule has 3 nitrogen and oxygen atoms in total. The maximum atomic E-state index is 6.33. The fraction of sp³-hybridized carbons (Fsp3) is 0.236. The Morgan fingerprint density at radius 1 is 0.263 bits per heavy atom. The van der Waals surface area contributed by atoms with E-state index in [0.717, 1.165) is 40.2 Å². The van der Waals surface area contributed by atoms with E-state index in [-0.39, 0.29) is 21.7 Å². The third-order valence-corrected chi connectivity index (χ3v) is 32.0. The van der Waals surface area contributed by atoms with Gasteiger partial charge in [-0.2, -0.15) is 0 Å². The number of nitrogens with zero attached hydrogens (tertiary/aromatic N) is 2. The Kier molecular flexibility index (Phi) is 14.0. The largest absolute Gasteiger partial charge is 0.456 e. The number of para-hydroxylation sites is 1. The van der Waals surface area contributed by atoms with E-state index in [1.54, 1.807) is 22.3 Å². The Bertz CT molecular complexity index is 6270. The fourth-order valence-electron chi connectivity index (χ4n) is 26.7. The molecule has 16 aromatic rings. The van der Waals surface area contributed by atoms with Crippen LogP contribution < -0.4 is 9.80 Å². The highest BCUT2D eigenvalue weighted by Gasteiger charge is 2.64. The normalized spacial score (nSPS) is 24.2. The Labute approximate surface area is 672 Å². The molecule has 14 aromatic carbocycles. The minimum atomic E-state index is -0.0930. The first-order valence-corrected chi connectivity index (χ1v) is 43.3. The van der Waals surface area contributed by atoms with Crippen LogP contribution in [0.3, 0.4) is 0 Å². The summed E-state index contributed by atoms with van der Waals surface area (Å²) in [5.74, 6) is 6.34. The van der Waals surface area contributed by atoms with Crippen molar-refractivity contribution in [2.45, 2.75) is 114 Å². The molecule has 0 atom stereocenters. The monoisotopic (exact) mass is 1490 g/mol. The second kappa shape index (κ2) is 24.1. The van der Waals surface area contributed by atoms with Crippen LogP contribution in [0.1, 0.15) is 136 Å². The van der Waals surface area contributed by atoms with Gasteiger partial charge in [-0.15, -0.1) is 11.3 Å². The Hall–Kier alpha value is -11.3. The number of furan rings is 1. The van der Waals surface area contributed by atoms with Crippen LogP contribution in [-0.2, 0) is 21.7 Å². The van der Waals surface area contributed by atoms with Crippen LogP contribution in [0.5, 0.6) is 0 Å². The smallest absolute Gasteiger partial charge is 0.136 e. The zero-order chi connectivity index (χ0) is 75.2. The van der Waals surface area contributed by atoms with Crippen molar-refractivity contribution >= 4 is 87.6 Å². The first kappa shape index (κ1) is 66.2. The maximum absolute atomic E-state index is 6.33. The number of hydrogen-bond acceptors (Lipinski definition) is 4. The lowest BCUT2D eigenvalue weighted by atomic mass is 9.43.